The predicted octanol–water partition coefficient (Wildman–Crippen LogP) is 1.93. The van der Waals surface area contributed by atoms with Gasteiger partial charge in [0.2, 0.25) is 0 Å². The second-order valence-corrected chi connectivity index (χ2v) is 4.80. The molecule has 0 amide bonds. The molecule has 0 saturated carbocycles. The summed E-state index contributed by atoms with van der Waals surface area (Å²) in [5, 5.41) is 6.62. The van der Waals surface area contributed by atoms with E-state index in [1.54, 1.807) is 11.3 Å². The summed E-state index contributed by atoms with van der Waals surface area (Å²) in [6, 6.07) is 10.4. The third-order valence-electron chi connectivity index (χ3n) is 2.44. The van der Waals surface area contributed by atoms with Crippen LogP contribution in [0, 0.1) is 0 Å². The smallest absolute Gasteiger partial charge is 0.0941 e. The Kier molecular flexibility index (Phi) is 4.67. The predicted molar refractivity (Wildman–Crippen MR) is 71.9 cm³/mol. The van der Waals surface area contributed by atoms with Gasteiger partial charge in [0.15, 0.2) is 0 Å². The number of hydrogen-bond donors (Lipinski definition) is 2. The quantitative estimate of drug-likeness (QED) is 0.820. The summed E-state index contributed by atoms with van der Waals surface area (Å²) in [6.07, 6.45) is 0.878. The van der Waals surface area contributed by atoms with Gasteiger partial charge in [0.05, 0.1) is 10.7 Å². The maximum atomic E-state index is 5.50. The number of rotatable bonds is 6. The van der Waals surface area contributed by atoms with Crippen LogP contribution in [0.3, 0.4) is 0 Å². The molecule has 0 atom stereocenters. The van der Waals surface area contributed by atoms with Crippen molar-refractivity contribution in [1.82, 2.24) is 10.3 Å². The Bertz CT molecular complexity index is 439. The molecule has 3 N–H and O–H groups in total. The summed E-state index contributed by atoms with van der Waals surface area (Å²) in [5.41, 5.74) is 7.90. The summed E-state index contributed by atoms with van der Waals surface area (Å²) >= 11 is 1.69. The minimum absolute atomic E-state index is 0.671. The van der Waals surface area contributed by atoms with E-state index >= 15 is 0 Å². The Morgan fingerprint density at radius 3 is 2.76 bits per heavy atom. The van der Waals surface area contributed by atoms with Gasteiger partial charge in [0.1, 0.15) is 0 Å². The lowest BCUT2D eigenvalue weighted by atomic mass is 10.2. The molecular weight excluding hydrogens is 230 g/mol. The van der Waals surface area contributed by atoms with Crippen LogP contribution in [0.25, 0.3) is 0 Å². The van der Waals surface area contributed by atoms with Gasteiger partial charge in [-0.05, 0) is 12.1 Å². The van der Waals surface area contributed by atoms with Crippen molar-refractivity contribution in [2.24, 2.45) is 5.73 Å². The Morgan fingerprint density at radius 1 is 1.18 bits per heavy atom. The van der Waals surface area contributed by atoms with Crippen molar-refractivity contribution in [2.45, 2.75) is 19.5 Å². The molecule has 0 spiro atoms. The molecule has 1 aromatic carbocycles. The van der Waals surface area contributed by atoms with Crippen molar-refractivity contribution in [3.8, 4) is 0 Å². The van der Waals surface area contributed by atoms with Crippen LogP contribution in [0.2, 0.25) is 0 Å². The fraction of sp³-hybridized carbons (Fsp3) is 0.308. The third kappa shape index (κ3) is 3.93. The molecule has 0 aliphatic carbocycles. The van der Waals surface area contributed by atoms with Crippen molar-refractivity contribution in [1.29, 1.82) is 0 Å². The molecule has 0 unspecified atom stereocenters. The average Bonchev–Trinajstić information content (AvgIpc) is 2.79. The van der Waals surface area contributed by atoms with Crippen molar-refractivity contribution >= 4 is 11.3 Å². The van der Waals surface area contributed by atoms with E-state index in [2.05, 4.69) is 39.9 Å². The van der Waals surface area contributed by atoms with Crippen LogP contribution >= 0.6 is 11.3 Å². The molecule has 2 rings (SSSR count). The van der Waals surface area contributed by atoms with Crippen molar-refractivity contribution in [3.05, 3.63) is 52.0 Å². The van der Waals surface area contributed by atoms with Crippen LogP contribution in [0.1, 0.15) is 16.3 Å². The highest BCUT2D eigenvalue weighted by molar-refractivity contribution is 7.09. The number of benzene rings is 1. The summed E-state index contributed by atoms with van der Waals surface area (Å²) in [6.45, 7) is 2.37. The third-order valence-corrected chi connectivity index (χ3v) is 3.39. The zero-order chi connectivity index (χ0) is 11.9. The standard InChI is InChI=1S/C13H17N3S/c14-7-6-13-16-12(10-17-13)9-15-8-11-4-2-1-3-5-11/h1-5,10,15H,6-9,14H2. The SMILES string of the molecule is NCCc1nc(CNCc2ccccc2)cs1. The monoisotopic (exact) mass is 247 g/mol. The molecule has 4 heteroatoms. The Labute approximate surface area is 106 Å². The second kappa shape index (κ2) is 6.49. The Morgan fingerprint density at radius 2 is 2.00 bits per heavy atom. The molecule has 90 valence electrons. The fourth-order valence-corrected chi connectivity index (χ4v) is 2.41. The first kappa shape index (κ1) is 12.2. The van der Waals surface area contributed by atoms with E-state index in [0.717, 1.165) is 30.2 Å². The van der Waals surface area contributed by atoms with E-state index < -0.39 is 0 Å². The van der Waals surface area contributed by atoms with Crippen LogP contribution in [0.5, 0.6) is 0 Å². The van der Waals surface area contributed by atoms with Crippen LogP contribution in [-0.4, -0.2) is 11.5 Å². The molecule has 0 fully saturated rings. The maximum absolute atomic E-state index is 5.50. The van der Waals surface area contributed by atoms with E-state index in [1.165, 1.54) is 5.56 Å². The first-order valence-electron chi connectivity index (χ1n) is 5.76. The van der Waals surface area contributed by atoms with Crippen molar-refractivity contribution in [2.75, 3.05) is 6.54 Å². The largest absolute Gasteiger partial charge is 0.330 e. The maximum Gasteiger partial charge on any atom is 0.0941 e. The summed E-state index contributed by atoms with van der Waals surface area (Å²) < 4.78 is 0. The van der Waals surface area contributed by atoms with Crippen LogP contribution in [0.15, 0.2) is 35.7 Å². The number of hydrogen-bond acceptors (Lipinski definition) is 4. The average molecular weight is 247 g/mol. The number of nitrogens with one attached hydrogen (secondary N) is 1. The molecule has 2 aromatic rings. The molecule has 0 aliphatic heterocycles. The van der Waals surface area contributed by atoms with Gasteiger partial charge in [-0.2, -0.15) is 0 Å². The second-order valence-electron chi connectivity index (χ2n) is 3.86. The lowest BCUT2D eigenvalue weighted by molar-refractivity contribution is 0.680. The van der Waals surface area contributed by atoms with E-state index in [1.807, 2.05) is 6.07 Å². The molecule has 0 aliphatic rings. The summed E-state index contributed by atoms with van der Waals surface area (Å²) in [5.74, 6) is 0. The lowest BCUT2D eigenvalue weighted by Gasteiger charge is -2.02. The summed E-state index contributed by atoms with van der Waals surface area (Å²) in [7, 11) is 0. The first-order valence-corrected chi connectivity index (χ1v) is 6.64. The zero-order valence-electron chi connectivity index (χ0n) is 9.73. The molecule has 17 heavy (non-hydrogen) atoms. The highest BCUT2D eigenvalue weighted by Gasteiger charge is 2.00. The molecule has 0 bridgehead atoms. The number of nitrogens with zero attached hydrogens (tertiary/aromatic N) is 1. The number of aromatic nitrogens is 1. The molecule has 3 nitrogen and oxygen atoms in total. The van der Waals surface area contributed by atoms with Gasteiger partial charge in [-0.25, -0.2) is 4.98 Å². The minimum atomic E-state index is 0.671. The molecule has 1 heterocycles. The van der Waals surface area contributed by atoms with Crippen LogP contribution in [0.4, 0.5) is 0 Å². The van der Waals surface area contributed by atoms with Crippen molar-refractivity contribution in [3.63, 3.8) is 0 Å². The van der Waals surface area contributed by atoms with Gasteiger partial charge in [-0.1, -0.05) is 30.3 Å². The lowest BCUT2D eigenvalue weighted by Crippen LogP contribution is -2.13. The van der Waals surface area contributed by atoms with Gasteiger partial charge >= 0.3 is 0 Å². The fourth-order valence-electron chi connectivity index (χ4n) is 1.60. The number of thiazole rings is 1. The van der Waals surface area contributed by atoms with E-state index in [-0.39, 0.29) is 0 Å². The van der Waals surface area contributed by atoms with E-state index in [0.29, 0.717) is 6.54 Å². The molecule has 0 saturated heterocycles. The van der Waals surface area contributed by atoms with E-state index in [4.69, 9.17) is 5.73 Å². The Balaban J connectivity index is 1.78. The van der Waals surface area contributed by atoms with Crippen molar-refractivity contribution < 1.29 is 0 Å². The van der Waals surface area contributed by atoms with Gasteiger partial charge in [-0.3, -0.25) is 0 Å². The number of nitrogens with two attached hydrogens (primary N) is 1. The molecule has 0 radical (unpaired) electrons. The van der Waals surface area contributed by atoms with Gasteiger partial charge in [0.25, 0.3) is 0 Å². The summed E-state index contributed by atoms with van der Waals surface area (Å²) in [4.78, 5) is 4.51. The van der Waals surface area contributed by atoms with Gasteiger partial charge in [0, 0.05) is 24.9 Å². The van der Waals surface area contributed by atoms with Gasteiger partial charge < -0.3 is 11.1 Å². The normalized spacial score (nSPS) is 10.6. The minimum Gasteiger partial charge on any atom is -0.330 e. The zero-order valence-corrected chi connectivity index (χ0v) is 10.5. The molecule has 1 aromatic heterocycles. The first-order chi connectivity index (χ1) is 8.38. The van der Waals surface area contributed by atoms with E-state index in [9.17, 15) is 0 Å². The van der Waals surface area contributed by atoms with Crippen LogP contribution in [-0.2, 0) is 19.5 Å². The highest BCUT2D eigenvalue weighted by Crippen LogP contribution is 2.09. The topological polar surface area (TPSA) is 50.9 Å². The Hall–Kier alpha value is -1.23. The van der Waals surface area contributed by atoms with Gasteiger partial charge in [-0.15, -0.1) is 11.3 Å². The highest BCUT2D eigenvalue weighted by atomic mass is 32.1. The molecular formula is C13H17N3S. The van der Waals surface area contributed by atoms with Crippen LogP contribution < -0.4 is 11.1 Å².